The number of carbonyl (C=O) groups is 1. The van der Waals surface area contributed by atoms with Gasteiger partial charge in [0, 0.05) is 18.4 Å². The van der Waals surface area contributed by atoms with E-state index in [-0.39, 0.29) is 23.8 Å². The lowest BCUT2D eigenvalue weighted by Crippen LogP contribution is -2.22. The molecule has 0 unspecified atom stereocenters. The molecule has 0 aromatic heterocycles. The van der Waals surface area contributed by atoms with Gasteiger partial charge in [-0.25, -0.2) is 0 Å². The van der Waals surface area contributed by atoms with E-state index >= 15 is 0 Å². The molecule has 1 fully saturated rings. The Balaban J connectivity index is 1.52. The van der Waals surface area contributed by atoms with Crippen LogP contribution in [0.25, 0.3) is 6.08 Å². The van der Waals surface area contributed by atoms with Crippen LogP contribution < -0.4 is 14.8 Å². The van der Waals surface area contributed by atoms with Gasteiger partial charge in [0.05, 0.1) is 12.7 Å². The van der Waals surface area contributed by atoms with Crippen LogP contribution in [-0.4, -0.2) is 25.2 Å². The summed E-state index contributed by atoms with van der Waals surface area (Å²) >= 11 is 0. The van der Waals surface area contributed by atoms with Gasteiger partial charge in [-0.1, -0.05) is 42.5 Å². The highest BCUT2D eigenvalue weighted by atomic mass is 16.5. The van der Waals surface area contributed by atoms with E-state index in [1.807, 2.05) is 56.3 Å². The molecule has 4 heteroatoms. The Bertz CT molecular complexity index is 753. The fourth-order valence-corrected chi connectivity index (χ4v) is 3.20. The highest BCUT2D eigenvalue weighted by Crippen LogP contribution is 2.25. The van der Waals surface area contributed by atoms with Gasteiger partial charge in [-0.15, -0.1) is 0 Å². The first kappa shape index (κ1) is 19.0. The zero-order valence-electron chi connectivity index (χ0n) is 15.9. The topological polar surface area (TPSA) is 47.6 Å². The van der Waals surface area contributed by atoms with Crippen molar-refractivity contribution in [2.24, 2.45) is 11.8 Å². The number of carbonyl (C=O) groups excluding carboxylic acids is 1. The Kier molecular flexibility index (Phi) is 6.53. The second kappa shape index (κ2) is 9.26. The zero-order valence-corrected chi connectivity index (χ0v) is 15.9. The predicted molar refractivity (Wildman–Crippen MR) is 108 cm³/mol. The summed E-state index contributed by atoms with van der Waals surface area (Å²) in [5, 5.41) is 2.96. The molecule has 0 saturated carbocycles. The van der Waals surface area contributed by atoms with E-state index in [4.69, 9.17) is 9.47 Å². The Morgan fingerprint density at radius 3 is 2.48 bits per heavy atom. The van der Waals surface area contributed by atoms with Crippen molar-refractivity contribution in [1.82, 2.24) is 5.32 Å². The second-order valence-electron chi connectivity index (χ2n) is 7.11. The van der Waals surface area contributed by atoms with Crippen LogP contribution in [0.2, 0.25) is 0 Å². The number of ether oxygens (including phenoxy) is 2. The van der Waals surface area contributed by atoms with Gasteiger partial charge in [-0.3, -0.25) is 4.79 Å². The lowest BCUT2D eigenvalue weighted by atomic mass is 9.92. The molecular formula is C23H27NO3. The molecule has 27 heavy (non-hydrogen) atoms. The number of nitrogens with one attached hydrogen (secondary N) is 1. The number of benzene rings is 2. The molecule has 2 aromatic rings. The van der Waals surface area contributed by atoms with Crippen LogP contribution in [0, 0.1) is 11.8 Å². The van der Waals surface area contributed by atoms with Gasteiger partial charge in [0.2, 0.25) is 5.91 Å². The Morgan fingerprint density at radius 1 is 1.07 bits per heavy atom. The van der Waals surface area contributed by atoms with E-state index < -0.39 is 0 Å². The first-order chi connectivity index (χ1) is 13.1. The monoisotopic (exact) mass is 365 g/mol. The van der Waals surface area contributed by atoms with Gasteiger partial charge in [-0.2, -0.15) is 0 Å². The average molecular weight is 365 g/mol. The summed E-state index contributed by atoms with van der Waals surface area (Å²) in [5.41, 5.74) is 1.15. The number of rotatable bonds is 8. The van der Waals surface area contributed by atoms with Crippen LogP contribution in [0.5, 0.6) is 11.5 Å². The largest absolute Gasteiger partial charge is 0.493 e. The number of allylic oxidation sites excluding steroid dienone is 1. The van der Waals surface area contributed by atoms with E-state index in [2.05, 4.69) is 29.6 Å². The minimum atomic E-state index is -0.0477. The fourth-order valence-electron chi connectivity index (χ4n) is 3.20. The first-order valence-corrected chi connectivity index (χ1v) is 9.50. The van der Waals surface area contributed by atoms with Crippen molar-refractivity contribution < 1.29 is 14.3 Å². The number of amides is 1. The molecule has 142 valence electrons. The summed E-state index contributed by atoms with van der Waals surface area (Å²) in [7, 11) is 0. The van der Waals surface area contributed by atoms with E-state index in [0.29, 0.717) is 13.2 Å². The summed E-state index contributed by atoms with van der Waals surface area (Å²) in [5.74, 6) is 1.86. The van der Waals surface area contributed by atoms with Crippen LogP contribution in [0.15, 0.2) is 60.7 Å². The Morgan fingerprint density at radius 2 is 1.78 bits per heavy atom. The molecule has 0 spiro atoms. The lowest BCUT2D eigenvalue weighted by Gasteiger charge is -2.16. The van der Waals surface area contributed by atoms with Crippen molar-refractivity contribution in [3.63, 3.8) is 0 Å². The van der Waals surface area contributed by atoms with Gasteiger partial charge in [0.1, 0.15) is 11.5 Å². The molecular weight excluding hydrogens is 338 g/mol. The van der Waals surface area contributed by atoms with Crippen molar-refractivity contribution in [2.75, 3.05) is 13.2 Å². The smallest absolute Gasteiger partial charge is 0.223 e. The van der Waals surface area contributed by atoms with Gasteiger partial charge in [0.15, 0.2) is 0 Å². The quantitative estimate of drug-likeness (QED) is 0.758. The molecule has 2 atom stereocenters. The van der Waals surface area contributed by atoms with Crippen LogP contribution >= 0.6 is 0 Å². The maximum Gasteiger partial charge on any atom is 0.223 e. The zero-order chi connectivity index (χ0) is 19.1. The summed E-state index contributed by atoms with van der Waals surface area (Å²) in [6.45, 7) is 5.19. The third-order valence-electron chi connectivity index (χ3n) is 4.60. The van der Waals surface area contributed by atoms with Gasteiger partial charge in [0.25, 0.3) is 0 Å². The maximum atomic E-state index is 12.2. The molecule has 1 aliphatic rings. The highest BCUT2D eigenvalue weighted by Gasteiger charge is 2.34. The Labute approximate surface area is 161 Å². The second-order valence-corrected chi connectivity index (χ2v) is 7.11. The van der Waals surface area contributed by atoms with E-state index in [0.717, 1.165) is 23.5 Å². The summed E-state index contributed by atoms with van der Waals surface area (Å²) in [6.07, 6.45) is 5.01. The molecule has 4 nitrogen and oxygen atoms in total. The lowest BCUT2D eigenvalue weighted by molar-refractivity contribution is -0.123. The van der Waals surface area contributed by atoms with Crippen LogP contribution in [0.3, 0.4) is 0 Å². The number of hydrogen-bond acceptors (Lipinski definition) is 3. The van der Waals surface area contributed by atoms with Gasteiger partial charge in [-0.05, 0) is 50.1 Å². The van der Waals surface area contributed by atoms with E-state index in [1.165, 1.54) is 0 Å². The predicted octanol–water partition coefficient (Wildman–Crippen LogP) is 4.32. The van der Waals surface area contributed by atoms with Gasteiger partial charge < -0.3 is 14.8 Å². The third-order valence-corrected chi connectivity index (χ3v) is 4.60. The van der Waals surface area contributed by atoms with Crippen LogP contribution in [0.1, 0.15) is 25.8 Å². The van der Waals surface area contributed by atoms with Crippen molar-refractivity contribution >= 4 is 12.0 Å². The molecule has 0 aliphatic carbocycles. The molecule has 3 rings (SSSR count). The first-order valence-electron chi connectivity index (χ1n) is 9.50. The number of hydrogen-bond donors (Lipinski definition) is 1. The van der Waals surface area contributed by atoms with Crippen LogP contribution in [-0.2, 0) is 4.79 Å². The SMILES string of the molecule is CC(C)Oc1ccc(OC[C@H]2CNC(=O)[C@@H]2C/C=C\c2ccccc2)cc1. The summed E-state index contributed by atoms with van der Waals surface area (Å²) in [4.78, 5) is 12.2. The summed E-state index contributed by atoms with van der Waals surface area (Å²) < 4.78 is 11.6. The van der Waals surface area contributed by atoms with Crippen molar-refractivity contribution in [1.29, 1.82) is 0 Å². The summed E-state index contributed by atoms with van der Waals surface area (Å²) in [6, 6.07) is 17.8. The minimum absolute atomic E-state index is 0.0477. The molecule has 1 amide bonds. The molecule has 1 heterocycles. The molecule has 0 bridgehead atoms. The van der Waals surface area contributed by atoms with E-state index in [9.17, 15) is 4.79 Å². The van der Waals surface area contributed by atoms with Crippen molar-refractivity contribution in [3.8, 4) is 11.5 Å². The third kappa shape index (κ3) is 5.61. The normalized spacial score (nSPS) is 19.4. The molecule has 1 N–H and O–H groups in total. The minimum Gasteiger partial charge on any atom is -0.493 e. The molecule has 0 radical (unpaired) electrons. The van der Waals surface area contributed by atoms with Crippen molar-refractivity contribution in [2.45, 2.75) is 26.4 Å². The van der Waals surface area contributed by atoms with E-state index in [1.54, 1.807) is 0 Å². The molecule has 2 aromatic carbocycles. The standard InChI is InChI=1S/C23H27NO3/c1-17(2)27-21-13-11-20(12-14-21)26-16-19-15-24-23(25)22(19)10-6-9-18-7-4-3-5-8-18/h3-9,11-14,17,19,22H,10,15-16H2,1-2H3,(H,24,25)/b9-6-/t19-,22-/m1/s1. The van der Waals surface area contributed by atoms with Crippen LogP contribution in [0.4, 0.5) is 0 Å². The highest BCUT2D eigenvalue weighted by molar-refractivity contribution is 5.81. The fraction of sp³-hybridized carbons (Fsp3) is 0.348. The van der Waals surface area contributed by atoms with Gasteiger partial charge >= 0.3 is 0 Å². The maximum absolute atomic E-state index is 12.2. The Hall–Kier alpha value is -2.75. The average Bonchev–Trinajstić information content (AvgIpc) is 3.02. The molecule has 1 aliphatic heterocycles. The van der Waals surface area contributed by atoms with Crippen molar-refractivity contribution in [3.05, 3.63) is 66.2 Å². The molecule has 1 saturated heterocycles.